The van der Waals surface area contributed by atoms with Gasteiger partial charge in [-0.25, -0.2) is 0 Å². The van der Waals surface area contributed by atoms with Crippen LogP contribution in [0, 0.1) is 12.8 Å². The molecule has 0 spiro atoms. The van der Waals surface area contributed by atoms with Crippen molar-refractivity contribution in [2.45, 2.75) is 45.4 Å². The summed E-state index contributed by atoms with van der Waals surface area (Å²) in [5.41, 5.74) is 1.63. The molecule has 2 unspecified atom stereocenters. The van der Waals surface area contributed by atoms with Gasteiger partial charge in [-0.05, 0) is 61.7 Å². The van der Waals surface area contributed by atoms with Crippen LogP contribution in [-0.4, -0.2) is 13.1 Å². The van der Waals surface area contributed by atoms with E-state index in [2.05, 4.69) is 30.6 Å². The smallest absolute Gasteiger partial charge is 0.00491 e. The van der Waals surface area contributed by atoms with Crippen molar-refractivity contribution < 1.29 is 0 Å². The molecule has 2 rings (SSSR count). The number of aryl methyl sites for hydroxylation is 1. The molecule has 0 aliphatic heterocycles. The van der Waals surface area contributed by atoms with Crippen LogP contribution in [0.3, 0.4) is 0 Å². The van der Waals surface area contributed by atoms with Gasteiger partial charge in [0, 0.05) is 4.88 Å². The second-order valence-electron chi connectivity index (χ2n) is 4.89. The van der Waals surface area contributed by atoms with Crippen LogP contribution in [0.4, 0.5) is 0 Å². The van der Waals surface area contributed by atoms with Crippen LogP contribution in [0.25, 0.3) is 0 Å². The van der Waals surface area contributed by atoms with Gasteiger partial charge in [-0.1, -0.05) is 19.8 Å². The minimum absolute atomic E-state index is 0.819. The SMILES string of the molecule is CCNCC1CCCCC1c1ccsc1C. The molecule has 1 aliphatic carbocycles. The first kappa shape index (κ1) is 12.1. The first-order valence-electron chi connectivity index (χ1n) is 6.57. The summed E-state index contributed by atoms with van der Waals surface area (Å²) in [6, 6.07) is 2.36. The number of rotatable bonds is 4. The van der Waals surface area contributed by atoms with Gasteiger partial charge in [-0.3, -0.25) is 0 Å². The molecule has 0 amide bonds. The van der Waals surface area contributed by atoms with Gasteiger partial charge in [0.25, 0.3) is 0 Å². The van der Waals surface area contributed by atoms with Crippen LogP contribution in [0.1, 0.15) is 49.0 Å². The maximum Gasteiger partial charge on any atom is 0.00491 e. The molecule has 1 aliphatic rings. The second kappa shape index (κ2) is 5.83. The molecule has 1 fully saturated rings. The molecular weight excluding hydrogens is 214 g/mol. The highest BCUT2D eigenvalue weighted by Gasteiger charge is 2.27. The van der Waals surface area contributed by atoms with Gasteiger partial charge in [-0.2, -0.15) is 0 Å². The van der Waals surface area contributed by atoms with E-state index in [1.807, 2.05) is 11.3 Å². The molecule has 1 aromatic heterocycles. The summed E-state index contributed by atoms with van der Waals surface area (Å²) in [7, 11) is 0. The minimum Gasteiger partial charge on any atom is -0.317 e. The molecule has 0 aromatic carbocycles. The maximum atomic E-state index is 3.53. The van der Waals surface area contributed by atoms with Crippen LogP contribution in [0.5, 0.6) is 0 Å². The number of hydrogen-bond acceptors (Lipinski definition) is 2. The summed E-state index contributed by atoms with van der Waals surface area (Å²) in [5.74, 6) is 1.68. The lowest BCUT2D eigenvalue weighted by atomic mass is 9.75. The predicted octanol–water partition coefficient (Wildman–Crippen LogP) is 3.94. The molecule has 0 radical (unpaired) electrons. The van der Waals surface area contributed by atoms with Crippen LogP contribution in [0.15, 0.2) is 11.4 Å². The Balaban J connectivity index is 2.07. The summed E-state index contributed by atoms with van der Waals surface area (Å²) >= 11 is 1.90. The third-order valence-electron chi connectivity index (χ3n) is 3.86. The first-order chi connectivity index (χ1) is 7.83. The largest absolute Gasteiger partial charge is 0.317 e. The second-order valence-corrected chi connectivity index (χ2v) is 6.01. The Morgan fingerprint density at radius 2 is 2.19 bits per heavy atom. The molecule has 2 atom stereocenters. The van der Waals surface area contributed by atoms with Gasteiger partial charge < -0.3 is 5.32 Å². The van der Waals surface area contributed by atoms with Crippen LogP contribution in [0.2, 0.25) is 0 Å². The first-order valence-corrected chi connectivity index (χ1v) is 7.45. The van der Waals surface area contributed by atoms with Crippen molar-refractivity contribution >= 4 is 11.3 Å². The molecular formula is C14H23NS. The van der Waals surface area contributed by atoms with Gasteiger partial charge in [-0.15, -0.1) is 11.3 Å². The maximum absolute atomic E-state index is 3.53. The zero-order valence-electron chi connectivity index (χ0n) is 10.5. The topological polar surface area (TPSA) is 12.0 Å². The van der Waals surface area contributed by atoms with Gasteiger partial charge in [0.05, 0.1) is 0 Å². The quantitative estimate of drug-likeness (QED) is 0.836. The summed E-state index contributed by atoms with van der Waals surface area (Å²) in [6.45, 7) is 6.79. The molecule has 1 saturated carbocycles. The summed E-state index contributed by atoms with van der Waals surface area (Å²) in [6.07, 6.45) is 5.65. The lowest BCUT2D eigenvalue weighted by Crippen LogP contribution is -2.29. The van der Waals surface area contributed by atoms with E-state index in [0.717, 1.165) is 18.4 Å². The van der Waals surface area contributed by atoms with Crippen LogP contribution < -0.4 is 5.32 Å². The standard InChI is InChI=1S/C14H23NS/c1-3-15-10-12-6-4-5-7-14(12)13-8-9-16-11(13)2/h8-9,12,14-15H,3-7,10H2,1-2H3. The highest BCUT2D eigenvalue weighted by molar-refractivity contribution is 7.10. The zero-order valence-corrected chi connectivity index (χ0v) is 11.3. The lowest BCUT2D eigenvalue weighted by molar-refractivity contribution is 0.297. The number of nitrogens with one attached hydrogen (secondary N) is 1. The molecule has 1 aromatic rings. The Labute approximate surface area is 103 Å². The third-order valence-corrected chi connectivity index (χ3v) is 4.73. The highest BCUT2D eigenvalue weighted by atomic mass is 32.1. The van der Waals surface area contributed by atoms with Gasteiger partial charge in [0.15, 0.2) is 0 Å². The number of hydrogen-bond donors (Lipinski definition) is 1. The van der Waals surface area contributed by atoms with Crippen molar-refractivity contribution in [2.24, 2.45) is 5.92 Å². The fourth-order valence-corrected chi connectivity index (χ4v) is 3.74. The lowest BCUT2D eigenvalue weighted by Gasteiger charge is -2.32. The van der Waals surface area contributed by atoms with Gasteiger partial charge >= 0.3 is 0 Å². The Bertz CT molecular complexity index is 318. The van der Waals surface area contributed by atoms with E-state index in [0.29, 0.717) is 0 Å². The highest BCUT2D eigenvalue weighted by Crippen LogP contribution is 2.39. The van der Waals surface area contributed by atoms with Crippen molar-refractivity contribution in [3.63, 3.8) is 0 Å². The van der Waals surface area contributed by atoms with Crippen molar-refractivity contribution in [3.8, 4) is 0 Å². The van der Waals surface area contributed by atoms with Crippen LogP contribution in [-0.2, 0) is 0 Å². The van der Waals surface area contributed by atoms with E-state index in [-0.39, 0.29) is 0 Å². The molecule has 0 bridgehead atoms. The fourth-order valence-electron chi connectivity index (χ4n) is 2.97. The van der Waals surface area contributed by atoms with E-state index in [1.54, 1.807) is 5.56 Å². The van der Waals surface area contributed by atoms with E-state index in [9.17, 15) is 0 Å². The van der Waals surface area contributed by atoms with Crippen molar-refractivity contribution in [1.82, 2.24) is 5.32 Å². The van der Waals surface area contributed by atoms with Crippen molar-refractivity contribution in [3.05, 3.63) is 21.9 Å². The Morgan fingerprint density at radius 3 is 2.88 bits per heavy atom. The van der Waals surface area contributed by atoms with Gasteiger partial charge in [0.1, 0.15) is 0 Å². The van der Waals surface area contributed by atoms with Crippen LogP contribution >= 0.6 is 11.3 Å². The van der Waals surface area contributed by atoms with E-state index < -0.39 is 0 Å². The molecule has 2 heteroatoms. The summed E-state index contributed by atoms with van der Waals surface area (Å²) in [5, 5.41) is 5.79. The average Bonchev–Trinajstić information content (AvgIpc) is 2.73. The van der Waals surface area contributed by atoms with E-state index in [4.69, 9.17) is 0 Å². The summed E-state index contributed by atoms with van der Waals surface area (Å²) in [4.78, 5) is 1.54. The average molecular weight is 237 g/mol. The molecule has 16 heavy (non-hydrogen) atoms. The molecule has 90 valence electrons. The Hall–Kier alpha value is -0.340. The zero-order chi connectivity index (χ0) is 11.4. The Kier molecular flexibility index (Phi) is 4.42. The van der Waals surface area contributed by atoms with Gasteiger partial charge in [0.2, 0.25) is 0 Å². The number of thiophene rings is 1. The fraction of sp³-hybridized carbons (Fsp3) is 0.714. The minimum atomic E-state index is 0.819. The summed E-state index contributed by atoms with van der Waals surface area (Å²) < 4.78 is 0. The Morgan fingerprint density at radius 1 is 1.38 bits per heavy atom. The predicted molar refractivity (Wildman–Crippen MR) is 72.3 cm³/mol. The van der Waals surface area contributed by atoms with Crippen molar-refractivity contribution in [2.75, 3.05) is 13.1 Å². The molecule has 1 nitrogen and oxygen atoms in total. The van der Waals surface area contributed by atoms with E-state index >= 15 is 0 Å². The molecule has 0 saturated heterocycles. The molecule has 1 N–H and O–H groups in total. The third kappa shape index (κ3) is 2.67. The van der Waals surface area contributed by atoms with E-state index in [1.165, 1.54) is 37.1 Å². The molecule has 1 heterocycles. The normalized spacial score (nSPS) is 25.9. The monoisotopic (exact) mass is 237 g/mol. The van der Waals surface area contributed by atoms with Crippen molar-refractivity contribution in [1.29, 1.82) is 0 Å².